The average molecular weight is 510 g/mol. The van der Waals surface area contributed by atoms with Gasteiger partial charge in [0, 0.05) is 33.4 Å². The van der Waals surface area contributed by atoms with Crippen LogP contribution >= 0.6 is 23.2 Å². The number of carbonyl (C=O) groups is 2. The van der Waals surface area contributed by atoms with Crippen molar-refractivity contribution in [2.75, 3.05) is 11.9 Å². The number of nitrogens with one attached hydrogen (secondary N) is 1. The Morgan fingerprint density at radius 3 is 2.18 bits per heavy atom. The molecule has 0 heterocycles. The molecule has 0 atom stereocenters. The Morgan fingerprint density at radius 1 is 0.970 bits per heavy atom. The highest BCUT2D eigenvalue weighted by atomic mass is 35.5. The van der Waals surface area contributed by atoms with Crippen LogP contribution in [0.5, 0.6) is 0 Å². The monoisotopic (exact) mass is 509 g/mol. The van der Waals surface area contributed by atoms with Gasteiger partial charge in [-0.15, -0.1) is 0 Å². The lowest BCUT2D eigenvalue weighted by Gasteiger charge is -2.23. The van der Waals surface area contributed by atoms with Crippen molar-refractivity contribution >= 4 is 50.7 Å². The first-order valence-corrected chi connectivity index (χ1v) is 11.7. The number of nitrogens with zero attached hydrogens (tertiary/aromatic N) is 1. The predicted molar refractivity (Wildman–Crippen MR) is 124 cm³/mol. The Morgan fingerprint density at radius 2 is 1.61 bits per heavy atom. The van der Waals surface area contributed by atoms with Crippen molar-refractivity contribution in [1.29, 1.82) is 0 Å². The fourth-order valence-electron chi connectivity index (χ4n) is 2.92. The second-order valence-electron chi connectivity index (χ2n) is 6.92. The number of sulfonamides is 1. The molecule has 0 radical (unpaired) electrons. The third-order valence-electron chi connectivity index (χ3n) is 4.62. The first-order valence-electron chi connectivity index (χ1n) is 9.46. The Kier molecular flexibility index (Phi) is 7.70. The fourth-order valence-corrected chi connectivity index (χ4v) is 4.63. The minimum absolute atomic E-state index is 0.0220. The second kappa shape index (κ2) is 10.3. The number of carbonyl (C=O) groups excluding carboxylic acids is 2. The van der Waals surface area contributed by atoms with Crippen molar-refractivity contribution < 1.29 is 22.4 Å². The van der Waals surface area contributed by atoms with Crippen LogP contribution in [0.3, 0.4) is 0 Å². The predicted octanol–water partition coefficient (Wildman–Crippen LogP) is 4.06. The van der Waals surface area contributed by atoms with Crippen molar-refractivity contribution in [3.05, 3.63) is 93.7 Å². The molecule has 0 aliphatic heterocycles. The number of primary amides is 1. The second-order valence-corrected chi connectivity index (χ2v) is 9.70. The number of hydrogen-bond donors (Lipinski definition) is 2. The third-order valence-corrected chi connectivity index (χ3v) is 7.03. The minimum Gasteiger partial charge on any atom is -0.366 e. The first-order chi connectivity index (χ1) is 15.6. The summed E-state index contributed by atoms with van der Waals surface area (Å²) in [4.78, 5) is 23.7. The average Bonchev–Trinajstić information content (AvgIpc) is 2.76. The van der Waals surface area contributed by atoms with Gasteiger partial charge in [0.15, 0.2) is 0 Å². The number of halogens is 3. The number of hydrogen-bond acceptors (Lipinski definition) is 4. The Bertz CT molecular complexity index is 1260. The molecule has 2 amide bonds. The first kappa shape index (κ1) is 24.7. The number of rotatable bonds is 8. The summed E-state index contributed by atoms with van der Waals surface area (Å²) < 4.78 is 41.7. The summed E-state index contributed by atoms with van der Waals surface area (Å²) in [6, 6.07) is 15.0. The Hall–Kier alpha value is -2.98. The van der Waals surface area contributed by atoms with Gasteiger partial charge in [0.05, 0.1) is 11.4 Å². The van der Waals surface area contributed by atoms with E-state index in [1.165, 1.54) is 60.7 Å². The van der Waals surface area contributed by atoms with Crippen LogP contribution in [0, 0.1) is 5.82 Å². The number of nitrogens with two attached hydrogens (primary N) is 1. The molecule has 3 aromatic rings. The number of benzene rings is 3. The van der Waals surface area contributed by atoms with E-state index < -0.39 is 40.7 Å². The minimum atomic E-state index is -4.23. The molecular formula is C22H18Cl2FN3O4S. The summed E-state index contributed by atoms with van der Waals surface area (Å²) in [6.45, 7) is -1.11. The molecule has 33 heavy (non-hydrogen) atoms. The summed E-state index contributed by atoms with van der Waals surface area (Å²) in [5.41, 5.74) is 5.68. The van der Waals surface area contributed by atoms with Crippen LogP contribution in [-0.2, 0) is 21.4 Å². The molecule has 0 aromatic heterocycles. The van der Waals surface area contributed by atoms with Gasteiger partial charge in [-0.25, -0.2) is 12.8 Å². The van der Waals surface area contributed by atoms with E-state index in [9.17, 15) is 22.4 Å². The van der Waals surface area contributed by atoms with Crippen molar-refractivity contribution in [1.82, 2.24) is 4.31 Å². The van der Waals surface area contributed by atoms with Gasteiger partial charge in [-0.2, -0.15) is 4.31 Å². The van der Waals surface area contributed by atoms with Gasteiger partial charge >= 0.3 is 0 Å². The summed E-state index contributed by atoms with van der Waals surface area (Å²) in [5, 5.41) is 2.89. The summed E-state index contributed by atoms with van der Waals surface area (Å²) in [7, 11) is -4.23. The highest BCUT2D eigenvalue weighted by Crippen LogP contribution is 2.25. The van der Waals surface area contributed by atoms with E-state index in [1.807, 2.05) is 0 Å². The molecule has 7 nitrogen and oxygen atoms in total. The van der Waals surface area contributed by atoms with E-state index in [4.69, 9.17) is 28.9 Å². The maximum Gasteiger partial charge on any atom is 0.248 e. The zero-order valence-corrected chi connectivity index (χ0v) is 19.3. The van der Waals surface area contributed by atoms with E-state index in [-0.39, 0.29) is 21.0 Å². The maximum absolute atomic E-state index is 14.4. The smallest absolute Gasteiger partial charge is 0.248 e. The van der Waals surface area contributed by atoms with Crippen LogP contribution in [0.4, 0.5) is 10.1 Å². The molecule has 0 unspecified atom stereocenters. The van der Waals surface area contributed by atoms with Crippen molar-refractivity contribution in [2.45, 2.75) is 11.4 Å². The fraction of sp³-hybridized carbons (Fsp3) is 0.0909. The van der Waals surface area contributed by atoms with Crippen LogP contribution in [0.25, 0.3) is 0 Å². The molecule has 0 spiro atoms. The van der Waals surface area contributed by atoms with Crippen LogP contribution in [0.15, 0.2) is 71.6 Å². The molecule has 0 saturated heterocycles. The molecule has 3 rings (SSSR count). The molecular weight excluding hydrogens is 492 g/mol. The van der Waals surface area contributed by atoms with Crippen LogP contribution in [0.1, 0.15) is 15.9 Å². The molecule has 0 aliphatic carbocycles. The third kappa shape index (κ3) is 6.08. The van der Waals surface area contributed by atoms with Crippen LogP contribution < -0.4 is 11.1 Å². The van der Waals surface area contributed by atoms with Gasteiger partial charge in [-0.3, -0.25) is 9.59 Å². The molecule has 3 N–H and O–H groups in total. The van der Waals surface area contributed by atoms with Gasteiger partial charge in [0.25, 0.3) is 0 Å². The highest BCUT2D eigenvalue weighted by molar-refractivity contribution is 7.89. The van der Waals surface area contributed by atoms with Gasteiger partial charge in [-0.05, 0) is 60.7 Å². The molecule has 0 fully saturated rings. The van der Waals surface area contributed by atoms with E-state index in [0.717, 1.165) is 10.4 Å². The molecule has 172 valence electrons. The molecule has 0 saturated carbocycles. The van der Waals surface area contributed by atoms with E-state index >= 15 is 0 Å². The summed E-state index contributed by atoms with van der Waals surface area (Å²) in [6.07, 6.45) is 0. The molecule has 0 bridgehead atoms. The van der Waals surface area contributed by atoms with Crippen LogP contribution in [0.2, 0.25) is 10.0 Å². The molecule has 11 heteroatoms. The van der Waals surface area contributed by atoms with E-state index in [0.29, 0.717) is 10.7 Å². The lowest BCUT2D eigenvalue weighted by atomic mass is 10.2. The summed E-state index contributed by atoms with van der Waals surface area (Å²) in [5.74, 6) is -2.03. The number of anilines is 1. The van der Waals surface area contributed by atoms with E-state index in [1.54, 1.807) is 0 Å². The molecule has 3 aromatic carbocycles. The SMILES string of the molecule is NC(=O)c1ccc(NC(=O)CN(Cc2c(F)cccc2Cl)S(=O)(=O)c2ccc(Cl)cc2)cc1. The zero-order valence-electron chi connectivity index (χ0n) is 17.0. The Balaban J connectivity index is 1.90. The topological polar surface area (TPSA) is 110 Å². The van der Waals surface area contributed by atoms with Gasteiger partial charge in [0.1, 0.15) is 5.82 Å². The van der Waals surface area contributed by atoms with Gasteiger partial charge < -0.3 is 11.1 Å². The Labute approximate surface area is 200 Å². The lowest BCUT2D eigenvalue weighted by molar-refractivity contribution is -0.116. The lowest BCUT2D eigenvalue weighted by Crippen LogP contribution is -2.37. The normalized spacial score (nSPS) is 11.4. The summed E-state index contributed by atoms with van der Waals surface area (Å²) >= 11 is 11.9. The molecule has 0 aliphatic rings. The standard InChI is InChI=1S/C22H18Cl2FN3O4S/c23-15-6-10-17(11-7-15)33(31,32)28(12-18-19(24)2-1-3-20(18)25)13-21(29)27-16-8-4-14(5-9-16)22(26)30/h1-11H,12-13H2,(H2,26,30)(H,27,29). The quantitative estimate of drug-likeness (QED) is 0.476. The van der Waals surface area contributed by atoms with Crippen molar-refractivity contribution in [3.63, 3.8) is 0 Å². The largest absolute Gasteiger partial charge is 0.366 e. The van der Waals surface area contributed by atoms with Gasteiger partial charge in [0.2, 0.25) is 21.8 Å². The van der Waals surface area contributed by atoms with Crippen molar-refractivity contribution in [3.8, 4) is 0 Å². The van der Waals surface area contributed by atoms with Gasteiger partial charge in [-0.1, -0.05) is 29.3 Å². The highest BCUT2D eigenvalue weighted by Gasteiger charge is 2.28. The zero-order chi connectivity index (χ0) is 24.2. The van der Waals surface area contributed by atoms with Crippen molar-refractivity contribution in [2.24, 2.45) is 5.73 Å². The van der Waals surface area contributed by atoms with Crippen LogP contribution in [-0.4, -0.2) is 31.1 Å². The number of amides is 2. The maximum atomic E-state index is 14.4. The van der Waals surface area contributed by atoms with E-state index in [2.05, 4.69) is 5.32 Å².